The van der Waals surface area contributed by atoms with Gasteiger partial charge in [-0.3, -0.25) is 0 Å². The molecule has 1 fully saturated rings. The number of aromatic carboxylic acids is 1. The number of carboxylic acids is 1. The summed E-state index contributed by atoms with van der Waals surface area (Å²) < 4.78 is 5.89. The van der Waals surface area contributed by atoms with E-state index in [9.17, 15) is 9.90 Å². The lowest BCUT2D eigenvalue weighted by atomic mass is 9.90. The van der Waals surface area contributed by atoms with Gasteiger partial charge in [-0.2, -0.15) is 0 Å². The van der Waals surface area contributed by atoms with Gasteiger partial charge in [-0.15, -0.1) is 0 Å². The highest BCUT2D eigenvalue weighted by Crippen LogP contribution is 2.28. The molecule has 0 radical (unpaired) electrons. The van der Waals surface area contributed by atoms with Crippen LogP contribution in [0.5, 0.6) is 5.88 Å². The molecule has 4 nitrogen and oxygen atoms in total. The Kier molecular flexibility index (Phi) is 4.04. The number of carbonyl (C=O) groups is 1. The Bertz CT molecular complexity index is 648. The van der Waals surface area contributed by atoms with E-state index in [0.717, 1.165) is 5.39 Å². The van der Waals surface area contributed by atoms with Crippen LogP contribution in [-0.4, -0.2) is 22.7 Å². The van der Waals surface area contributed by atoms with Crippen LogP contribution < -0.4 is 4.74 Å². The van der Waals surface area contributed by atoms with E-state index in [1.807, 2.05) is 18.2 Å². The highest BCUT2D eigenvalue weighted by Gasteiger charge is 2.17. The molecule has 4 heteroatoms. The molecule has 110 valence electrons. The van der Waals surface area contributed by atoms with Crippen molar-refractivity contribution in [2.75, 3.05) is 6.61 Å². The Morgan fingerprint density at radius 3 is 2.62 bits per heavy atom. The maximum absolute atomic E-state index is 11.3. The summed E-state index contributed by atoms with van der Waals surface area (Å²) in [4.78, 5) is 15.5. The van der Waals surface area contributed by atoms with Crippen LogP contribution in [0.25, 0.3) is 10.8 Å². The van der Waals surface area contributed by atoms with Crippen LogP contribution >= 0.6 is 0 Å². The highest BCUT2D eigenvalue weighted by molar-refractivity contribution is 6.04. The number of nitrogens with zero attached hydrogens (tertiary/aromatic N) is 1. The third-order valence-electron chi connectivity index (χ3n) is 4.17. The van der Waals surface area contributed by atoms with Crippen molar-refractivity contribution in [2.24, 2.45) is 5.92 Å². The minimum Gasteiger partial charge on any atom is -0.478 e. The van der Waals surface area contributed by atoms with E-state index in [4.69, 9.17) is 4.74 Å². The van der Waals surface area contributed by atoms with Gasteiger partial charge in [-0.05, 0) is 24.8 Å². The van der Waals surface area contributed by atoms with Crippen LogP contribution in [0.1, 0.15) is 42.5 Å². The lowest BCUT2D eigenvalue weighted by molar-refractivity contribution is 0.0698. The molecular formula is C17H19NO3. The zero-order valence-electron chi connectivity index (χ0n) is 11.9. The van der Waals surface area contributed by atoms with E-state index in [0.29, 0.717) is 23.8 Å². The van der Waals surface area contributed by atoms with E-state index in [2.05, 4.69) is 4.98 Å². The van der Waals surface area contributed by atoms with Gasteiger partial charge in [0.1, 0.15) is 0 Å². The molecule has 1 N–H and O–H groups in total. The number of hydrogen-bond donors (Lipinski definition) is 1. The molecule has 1 heterocycles. The number of hydrogen-bond acceptors (Lipinski definition) is 3. The zero-order chi connectivity index (χ0) is 14.7. The summed E-state index contributed by atoms with van der Waals surface area (Å²) in [6, 6.07) is 7.38. The first-order valence-corrected chi connectivity index (χ1v) is 7.49. The number of ether oxygens (including phenoxy) is 1. The SMILES string of the molecule is O=C(O)c1cnc(OCC2CCCCC2)c2ccccc12. The minimum atomic E-state index is -0.961. The smallest absolute Gasteiger partial charge is 0.337 e. The number of pyridine rings is 1. The topological polar surface area (TPSA) is 59.4 Å². The summed E-state index contributed by atoms with van der Waals surface area (Å²) >= 11 is 0. The predicted octanol–water partition coefficient (Wildman–Crippen LogP) is 3.89. The summed E-state index contributed by atoms with van der Waals surface area (Å²) in [5.41, 5.74) is 0.218. The molecule has 1 aromatic carbocycles. The van der Waals surface area contributed by atoms with Crippen LogP contribution in [0, 0.1) is 5.92 Å². The van der Waals surface area contributed by atoms with E-state index >= 15 is 0 Å². The Morgan fingerprint density at radius 1 is 1.19 bits per heavy atom. The molecule has 0 amide bonds. The average molecular weight is 285 g/mol. The maximum Gasteiger partial charge on any atom is 0.337 e. The number of rotatable bonds is 4. The molecule has 2 aromatic rings. The van der Waals surface area contributed by atoms with Gasteiger partial charge in [0.2, 0.25) is 5.88 Å². The molecule has 1 aliphatic rings. The quantitative estimate of drug-likeness (QED) is 0.925. The Morgan fingerprint density at radius 2 is 1.90 bits per heavy atom. The minimum absolute atomic E-state index is 0.218. The summed E-state index contributed by atoms with van der Waals surface area (Å²) in [5.74, 6) is 0.178. The Balaban J connectivity index is 1.85. The largest absolute Gasteiger partial charge is 0.478 e. The van der Waals surface area contributed by atoms with Crippen molar-refractivity contribution in [3.63, 3.8) is 0 Å². The molecule has 0 atom stereocenters. The van der Waals surface area contributed by atoms with Crippen LogP contribution in [0.4, 0.5) is 0 Å². The number of benzene rings is 1. The third-order valence-corrected chi connectivity index (χ3v) is 4.17. The third kappa shape index (κ3) is 2.99. The second-order valence-corrected chi connectivity index (χ2v) is 5.64. The van der Waals surface area contributed by atoms with Gasteiger partial charge < -0.3 is 9.84 Å². The molecule has 1 saturated carbocycles. The van der Waals surface area contributed by atoms with Gasteiger partial charge in [-0.25, -0.2) is 9.78 Å². The fourth-order valence-corrected chi connectivity index (χ4v) is 3.00. The lowest BCUT2D eigenvalue weighted by Crippen LogP contribution is -2.16. The summed E-state index contributed by atoms with van der Waals surface area (Å²) in [6.07, 6.45) is 7.70. The van der Waals surface area contributed by atoms with E-state index in [1.54, 1.807) is 6.07 Å². The molecule has 21 heavy (non-hydrogen) atoms. The van der Waals surface area contributed by atoms with Crippen molar-refractivity contribution in [3.05, 3.63) is 36.0 Å². The van der Waals surface area contributed by atoms with Gasteiger partial charge in [-0.1, -0.05) is 37.5 Å². The fraction of sp³-hybridized carbons (Fsp3) is 0.412. The summed E-state index contributed by atoms with van der Waals surface area (Å²) in [7, 11) is 0. The van der Waals surface area contributed by atoms with Crippen molar-refractivity contribution in [2.45, 2.75) is 32.1 Å². The first-order chi connectivity index (χ1) is 10.3. The molecule has 0 unspecified atom stereocenters. The molecule has 0 bridgehead atoms. The standard InChI is InChI=1S/C17H19NO3/c19-17(20)15-10-18-16(14-9-5-4-8-13(14)15)21-11-12-6-2-1-3-7-12/h4-5,8-10,12H,1-3,6-7,11H2,(H,19,20). The van der Waals surface area contributed by atoms with Crippen molar-refractivity contribution in [1.82, 2.24) is 4.98 Å². The number of carboxylic acid groups (broad SMARTS) is 1. The Labute approximate surface area is 123 Å². The van der Waals surface area contributed by atoms with E-state index in [1.165, 1.54) is 38.3 Å². The van der Waals surface area contributed by atoms with Gasteiger partial charge in [0.25, 0.3) is 0 Å². The van der Waals surface area contributed by atoms with Crippen molar-refractivity contribution in [1.29, 1.82) is 0 Å². The molecule has 1 aromatic heterocycles. The second kappa shape index (κ2) is 6.12. The Hall–Kier alpha value is -2.10. The molecule has 0 spiro atoms. The summed E-state index contributed by atoms with van der Waals surface area (Å²) in [6.45, 7) is 0.670. The average Bonchev–Trinajstić information content (AvgIpc) is 2.53. The normalized spacial score (nSPS) is 16.0. The highest BCUT2D eigenvalue weighted by atomic mass is 16.5. The van der Waals surface area contributed by atoms with Crippen LogP contribution in [0.15, 0.2) is 30.5 Å². The fourth-order valence-electron chi connectivity index (χ4n) is 3.00. The van der Waals surface area contributed by atoms with Gasteiger partial charge in [0.05, 0.1) is 12.2 Å². The van der Waals surface area contributed by atoms with E-state index in [-0.39, 0.29) is 5.56 Å². The zero-order valence-corrected chi connectivity index (χ0v) is 11.9. The van der Waals surface area contributed by atoms with E-state index < -0.39 is 5.97 Å². The van der Waals surface area contributed by atoms with Gasteiger partial charge >= 0.3 is 5.97 Å². The van der Waals surface area contributed by atoms with Crippen LogP contribution in [-0.2, 0) is 0 Å². The monoisotopic (exact) mass is 285 g/mol. The predicted molar refractivity (Wildman–Crippen MR) is 80.8 cm³/mol. The van der Waals surface area contributed by atoms with Crippen LogP contribution in [0.3, 0.4) is 0 Å². The van der Waals surface area contributed by atoms with Crippen molar-refractivity contribution in [3.8, 4) is 5.88 Å². The van der Waals surface area contributed by atoms with Gasteiger partial charge in [0, 0.05) is 17.0 Å². The van der Waals surface area contributed by atoms with Crippen molar-refractivity contribution >= 4 is 16.7 Å². The lowest BCUT2D eigenvalue weighted by Gasteiger charge is -2.21. The number of fused-ring (bicyclic) bond motifs is 1. The second-order valence-electron chi connectivity index (χ2n) is 5.64. The van der Waals surface area contributed by atoms with Gasteiger partial charge in [0.15, 0.2) is 0 Å². The molecule has 1 aliphatic carbocycles. The number of aromatic nitrogens is 1. The first kappa shape index (κ1) is 13.9. The maximum atomic E-state index is 11.3. The first-order valence-electron chi connectivity index (χ1n) is 7.49. The molecule has 0 saturated heterocycles. The molecule has 0 aliphatic heterocycles. The molecular weight excluding hydrogens is 266 g/mol. The summed E-state index contributed by atoms with van der Waals surface area (Å²) in [5, 5.41) is 10.7. The van der Waals surface area contributed by atoms with Crippen LogP contribution in [0.2, 0.25) is 0 Å². The van der Waals surface area contributed by atoms with Crippen molar-refractivity contribution < 1.29 is 14.6 Å². The molecule has 3 rings (SSSR count).